The van der Waals surface area contributed by atoms with Crippen LogP contribution in [0.4, 0.5) is 0 Å². The van der Waals surface area contributed by atoms with Gasteiger partial charge in [-0.1, -0.05) is 13.8 Å². The number of unbranched alkanes of at least 4 members (excludes halogenated alkanes) is 1. The van der Waals surface area contributed by atoms with Crippen LogP contribution in [0, 0.1) is 23.7 Å². The lowest BCUT2D eigenvalue weighted by atomic mass is 9.58. The molecular formula is C23H36O9. The van der Waals surface area contributed by atoms with E-state index in [1.54, 1.807) is 0 Å². The quantitative estimate of drug-likeness (QED) is 0.317. The van der Waals surface area contributed by atoms with Gasteiger partial charge in [-0.25, -0.2) is 9.78 Å². The molecule has 9 nitrogen and oxygen atoms in total. The number of ether oxygens (including phenoxy) is 4. The standard InChI is InChI=1S/C23H36O9/c1-14-6-7-17-15(2)20(28-13-5-4-12-27-19(26)9-8-18(24)25)29-21-23(17)16(14)10-11-22(3,30-21)31-32-23/h14-17,20-21H,4-13H2,1-3H3,(H,24,25)/t14-,15-,16+,17+,20+,21-,22+,23-/m1/s1. The molecule has 182 valence electrons. The number of esters is 1. The van der Waals surface area contributed by atoms with E-state index in [0.29, 0.717) is 31.3 Å². The zero-order valence-corrected chi connectivity index (χ0v) is 19.2. The Morgan fingerprint density at radius 3 is 2.59 bits per heavy atom. The summed E-state index contributed by atoms with van der Waals surface area (Å²) in [5, 5.41) is 8.59. The Morgan fingerprint density at radius 2 is 1.81 bits per heavy atom. The number of carboxylic acid groups (broad SMARTS) is 1. The van der Waals surface area contributed by atoms with Crippen LogP contribution >= 0.6 is 0 Å². The first-order valence-electron chi connectivity index (χ1n) is 11.9. The van der Waals surface area contributed by atoms with Gasteiger partial charge in [0.2, 0.25) is 5.79 Å². The normalized spacial score (nSPS) is 42.7. The molecule has 0 aromatic rings. The summed E-state index contributed by atoms with van der Waals surface area (Å²) >= 11 is 0. The fourth-order valence-electron chi connectivity index (χ4n) is 5.93. The van der Waals surface area contributed by atoms with Gasteiger partial charge in [-0.2, -0.15) is 0 Å². The highest BCUT2D eigenvalue weighted by atomic mass is 17.3. The zero-order chi connectivity index (χ0) is 22.9. The minimum atomic E-state index is -1.01. The van der Waals surface area contributed by atoms with E-state index in [1.807, 2.05) is 6.92 Å². The molecule has 5 aliphatic rings. The summed E-state index contributed by atoms with van der Waals surface area (Å²) in [6.45, 7) is 7.08. The number of aliphatic carboxylic acids is 1. The largest absolute Gasteiger partial charge is 0.481 e. The van der Waals surface area contributed by atoms with E-state index in [1.165, 1.54) is 0 Å². The SMILES string of the molecule is C[C@H]1[C@@H](OCCCCOC(=O)CCC(=O)O)O[C@@H]2O[C@]3(C)CC[C@H]4[C@H](C)CC[C@@H]1[C@@]24OO3. The maximum atomic E-state index is 11.5. The fourth-order valence-corrected chi connectivity index (χ4v) is 5.93. The van der Waals surface area contributed by atoms with Crippen molar-refractivity contribution in [1.82, 2.24) is 0 Å². The van der Waals surface area contributed by atoms with Crippen LogP contribution in [-0.4, -0.2) is 54.2 Å². The first kappa shape index (κ1) is 23.9. The van der Waals surface area contributed by atoms with Gasteiger partial charge in [-0.05, 0) is 50.9 Å². The molecule has 9 heteroatoms. The molecule has 1 saturated carbocycles. The van der Waals surface area contributed by atoms with E-state index >= 15 is 0 Å². The third kappa shape index (κ3) is 4.55. The van der Waals surface area contributed by atoms with Gasteiger partial charge in [0.15, 0.2) is 18.2 Å². The predicted molar refractivity (Wildman–Crippen MR) is 110 cm³/mol. The second-order valence-electron chi connectivity index (χ2n) is 9.97. The molecule has 4 aliphatic heterocycles. The van der Waals surface area contributed by atoms with Crippen molar-refractivity contribution in [3.8, 4) is 0 Å². The minimum absolute atomic E-state index is 0.103. The molecule has 2 bridgehead atoms. The molecule has 8 atom stereocenters. The van der Waals surface area contributed by atoms with Crippen molar-refractivity contribution in [1.29, 1.82) is 0 Å². The van der Waals surface area contributed by atoms with E-state index in [4.69, 9.17) is 33.8 Å². The molecule has 4 saturated heterocycles. The molecule has 0 aromatic heterocycles. The maximum absolute atomic E-state index is 11.5. The van der Waals surface area contributed by atoms with Crippen molar-refractivity contribution in [2.45, 2.75) is 96.1 Å². The topological polar surface area (TPSA) is 110 Å². The molecule has 32 heavy (non-hydrogen) atoms. The van der Waals surface area contributed by atoms with Crippen LogP contribution in [0.25, 0.3) is 0 Å². The van der Waals surface area contributed by atoms with E-state index in [2.05, 4.69) is 13.8 Å². The molecule has 0 amide bonds. The number of carbonyl (C=O) groups is 2. The van der Waals surface area contributed by atoms with Crippen LogP contribution < -0.4 is 0 Å². The Balaban J connectivity index is 1.29. The molecule has 1 aliphatic carbocycles. The summed E-state index contributed by atoms with van der Waals surface area (Å²) < 4.78 is 23.9. The Bertz CT molecular complexity index is 699. The molecule has 0 radical (unpaired) electrons. The van der Waals surface area contributed by atoms with Gasteiger partial charge in [0.25, 0.3) is 0 Å². The molecule has 1 spiro atoms. The molecule has 5 fully saturated rings. The van der Waals surface area contributed by atoms with Gasteiger partial charge in [0.05, 0.1) is 19.4 Å². The number of carbonyl (C=O) groups excluding carboxylic acids is 1. The summed E-state index contributed by atoms with van der Waals surface area (Å²) in [5.74, 6) is -1.08. The van der Waals surface area contributed by atoms with Crippen LogP contribution in [0.3, 0.4) is 0 Å². The number of hydrogen-bond acceptors (Lipinski definition) is 8. The second-order valence-corrected chi connectivity index (χ2v) is 9.97. The monoisotopic (exact) mass is 456 g/mol. The molecule has 1 N–H and O–H groups in total. The number of fused-ring (bicyclic) bond motifs is 2. The third-order valence-electron chi connectivity index (χ3n) is 7.72. The third-order valence-corrected chi connectivity index (χ3v) is 7.72. The Hall–Kier alpha value is -1.26. The maximum Gasteiger partial charge on any atom is 0.306 e. The highest BCUT2D eigenvalue weighted by molar-refractivity contribution is 5.76. The van der Waals surface area contributed by atoms with E-state index in [-0.39, 0.29) is 31.3 Å². The van der Waals surface area contributed by atoms with Crippen molar-refractivity contribution >= 4 is 11.9 Å². The van der Waals surface area contributed by atoms with Crippen molar-refractivity contribution < 1.29 is 43.4 Å². The lowest BCUT2D eigenvalue weighted by Gasteiger charge is -2.60. The number of rotatable bonds is 9. The lowest BCUT2D eigenvalue weighted by Crippen LogP contribution is -2.70. The number of carboxylic acids is 1. The Kier molecular flexibility index (Phi) is 7.12. The van der Waals surface area contributed by atoms with Crippen LogP contribution in [-0.2, 0) is 38.3 Å². The first-order valence-corrected chi connectivity index (χ1v) is 11.9. The Labute approximate surface area is 188 Å². The summed E-state index contributed by atoms with van der Waals surface area (Å²) in [4.78, 5) is 33.9. The zero-order valence-electron chi connectivity index (χ0n) is 19.2. The van der Waals surface area contributed by atoms with Gasteiger partial charge < -0.3 is 24.1 Å². The molecular weight excluding hydrogens is 420 g/mol. The summed E-state index contributed by atoms with van der Waals surface area (Å²) in [7, 11) is 0. The summed E-state index contributed by atoms with van der Waals surface area (Å²) in [5.41, 5.74) is -0.586. The highest BCUT2D eigenvalue weighted by Gasteiger charge is 2.69. The second kappa shape index (κ2) is 9.54. The van der Waals surface area contributed by atoms with Crippen molar-refractivity contribution in [3.63, 3.8) is 0 Å². The fraction of sp³-hybridized carbons (Fsp3) is 0.913. The van der Waals surface area contributed by atoms with E-state index in [0.717, 1.165) is 25.7 Å². The van der Waals surface area contributed by atoms with Gasteiger partial charge in [0, 0.05) is 24.9 Å². The predicted octanol–water partition coefficient (Wildman–Crippen LogP) is 3.40. The van der Waals surface area contributed by atoms with Crippen molar-refractivity contribution in [2.75, 3.05) is 13.2 Å². The molecule has 0 unspecified atom stereocenters. The average Bonchev–Trinajstić information content (AvgIpc) is 2.98. The highest BCUT2D eigenvalue weighted by Crippen LogP contribution is 2.60. The van der Waals surface area contributed by atoms with Gasteiger partial charge >= 0.3 is 11.9 Å². The van der Waals surface area contributed by atoms with Crippen LogP contribution in [0.1, 0.15) is 72.1 Å². The smallest absolute Gasteiger partial charge is 0.306 e. The minimum Gasteiger partial charge on any atom is -0.481 e. The first-order chi connectivity index (χ1) is 15.2. The molecule has 4 heterocycles. The molecule has 5 rings (SSSR count). The average molecular weight is 457 g/mol. The van der Waals surface area contributed by atoms with Crippen LogP contribution in [0.15, 0.2) is 0 Å². The lowest BCUT2D eigenvalue weighted by molar-refractivity contribution is -0.577. The van der Waals surface area contributed by atoms with Gasteiger partial charge in [-0.3, -0.25) is 9.59 Å². The summed E-state index contributed by atoms with van der Waals surface area (Å²) in [6.07, 6.45) is 4.07. The summed E-state index contributed by atoms with van der Waals surface area (Å²) in [6, 6.07) is 0. The molecule has 0 aromatic carbocycles. The van der Waals surface area contributed by atoms with E-state index < -0.39 is 35.9 Å². The van der Waals surface area contributed by atoms with E-state index in [9.17, 15) is 9.59 Å². The van der Waals surface area contributed by atoms with Crippen LogP contribution in [0.2, 0.25) is 0 Å². The van der Waals surface area contributed by atoms with Gasteiger partial charge in [0.1, 0.15) is 0 Å². The number of hydrogen-bond donors (Lipinski definition) is 1. The van der Waals surface area contributed by atoms with Crippen molar-refractivity contribution in [3.05, 3.63) is 0 Å². The van der Waals surface area contributed by atoms with Crippen LogP contribution in [0.5, 0.6) is 0 Å². The Morgan fingerprint density at radius 1 is 1.03 bits per heavy atom. The van der Waals surface area contributed by atoms with Crippen molar-refractivity contribution in [2.24, 2.45) is 23.7 Å². The van der Waals surface area contributed by atoms with Gasteiger partial charge in [-0.15, -0.1) is 0 Å².